The second kappa shape index (κ2) is 6.64. The van der Waals surface area contributed by atoms with Crippen LogP contribution in [0.3, 0.4) is 0 Å². The average Bonchev–Trinajstić information content (AvgIpc) is 2.90. The third-order valence-electron chi connectivity index (χ3n) is 4.00. The summed E-state index contributed by atoms with van der Waals surface area (Å²) in [5, 5.41) is 5.38. The Morgan fingerprint density at radius 3 is 2.24 bits per heavy atom. The van der Waals surface area contributed by atoms with Crippen LogP contribution in [0.1, 0.15) is 22.0 Å². The number of carbonyl (C=O) groups excluding carboxylic acids is 3. The Morgan fingerprint density at radius 2 is 1.72 bits per heavy atom. The van der Waals surface area contributed by atoms with Gasteiger partial charge in [0.2, 0.25) is 0 Å². The molecule has 4 amide bonds. The Kier molecular flexibility index (Phi) is 4.38. The van der Waals surface area contributed by atoms with Gasteiger partial charge in [0.25, 0.3) is 11.8 Å². The van der Waals surface area contributed by atoms with Crippen molar-refractivity contribution in [3.05, 3.63) is 59.7 Å². The Hall–Kier alpha value is -3.35. The molecule has 2 N–H and O–H groups in total. The van der Waals surface area contributed by atoms with Crippen molar-refractivity contribution in [2.45, 2.75) is 6.04 Å². The van der Waals surface area contributed by atoms with Crippen LogP contribution in [0.2, 0.25) is 0 Å². The molecule has 1 aliphatic heterocycles. The molecule has 1 heterocycles. The molecular weight excluding hydrogens is 322 g/mol. The normalized spacial score (nSPS) is 16.6. The van der Waals surface area contributed by atoms with Crippen molar-refractivity contribution >= 4 is 23.5 Å². The minimum atomic E-state index is -0.691. The monoisotopic (exact) mass is 339 g/mol. The van der Waals surface area contributed by atoms with Crippen LogP contribution in [0.4, 0.5) is 10.5 Å². The molecule has 0 spiro atoms. The maximum atomic E-state index is 12.2. The molecule has 25 heavy (non-hydrogen) atoms. The highest BCUT2D eigenvalue weighted by atomic mass is 16.5. The van der Waals surface area contributed by atoms with E-state index in [2.05, 4.69) is 10.6 Å². The molecule has 1 atom stereocenters. The van der Waals surface area contributed by atoms with E-state index in [1.807, 2.05) is 0 Å². The molecule has 1 unspecified atom stereocenters. The standard InChI is InChI=1S/C18H17N3O4/c1-21-17(23)15(20-18(21)24)11-3-7-13(8-4-11)19-16(22)12-5-9-14(25-2)10-6-12/h3-10,15H,1-2H3,(H,19,22)(H,20,24). The van der Waals surface area contributed by atoms with Crippen LogP contribution >= 0.6 is 0 Å². The average molecular weight is 339 g/mol. The number of likely N-dealkylation sites (N-methyl/N-ethyl adjacent to an activating group) is 1. The van der Waals surface area contributed by atoms with E-state index in [0.29, 0.717) is 22.6 Å². The number of hydrogen-bond acceptors (Lipinski definition) is 4. The summed E-state index contributed by atoms with van der Waals surface area (Å²) in [6.45, 7) is 0. The first-order valence-corrected chi connectivity index (χ1v) is 7.63. The number of nitrogens with zero attached hydrogens (tertiary/aromatic N) is 1. The molecule has 0 bridgehead atoms. The highest BCUT2D eigenvalue weighted by molar-refractivity contribution is 6.05. The number of ether oxygens (including phenoxy) is 1. The molecule has 0 radical (unpaired) electrons. The van der Waals surface area contributed by atoms with E-state index < -0.39 is 12.1 Å². The van der Waals surface area contributed by atoms with Crippen LogP contribution in [-0.4, -0.2) is 36.9 Å². The van der Waals surface area contributed by atoms with Gasteiger partial charge < -0.3 is 15.4 Å². The Morgan fingerprint density at radius 1 is 1.08 bits per heavy atom. The van der Waals surface area contributed by atoms with E-state index in [9.17, 15) is 14.4 Å². The van der Waals surface area contributed by atoms with Crippen molar-refractivity contribution in [2.75, 3.05) is 19.5 Å². The van der Waals surface area contributed by atoms with Crippen molar-refractivity contribution in [2.24, 2.45) is 0 Å². The van der Waals surface area contributed by atoms with Gasteiger partial charge in [0.15, 0.2) is 0 Å². The van der Waals surface area contributed by atoms with Crippen LogP contribution in [0.15, 0.2) is 48.5 Å². The van der Waals surface area contributed by atoms with E-state index >= 15 is 0 Å². The number of nitrogens with one attached hydrogen (secondary N) is 2. The lowest BCUT2D eigenvalue weighted by atomic mass is 10.1. The highest BCUT2D eigenvalue weighted by Gasteiger charge is 2.36. The van der Waals surface area contributed by atoms with E-state index in [-0.39, 0.29) is 11.8 Å². The zero-order valence-corrected chi connectivity index (χ0v) is 13.8. The van der Waals surface area contributed by atoms with E-state index in [1.54, 1.807) is 55.6 Å². The smallest absolute Gasteiger partial charge is 0.324 e. The molecule has 128 valence electrons. The van der Waals surface area contributed by atoms with Gasteiger partial charge in [0, 0.05) is 18.3 Å². The fraction of sp³-hybridized carbons (Fsp3) is 0.167. The SMILES string of the molecule is COc1ccc(C(=O)Nc2ccc(C3NC(=O)N(C)C3=O)cc2)cc1. The van der Waals surface area contributed by atoms with Crippen LogP contribution in [0.5, 0.6) is 5.75 Å². The Bertz CT molecular complexity index is 815. The number of amides is 4. The van der Waals surface area contributed by atoms with Gasteiger partial charge in [-0.15, -0.1) is 0 Å². The van der Waals surface area contributed by atoms with Crippen molar-refractivity contribution in [1.29, 1.82) is 0 Å². The molecule has 0 aromatic heterocycles. The largest absolute Gasteiger partial charge is 0.497 e. The maximum absolute atomic E-state index is 12.2. The van der Waals surface area contributed by atoms with Gasteiger partial charge in [-0.2, -0.15) is 0 Å². The summed E-state index contributed by atoms with van der Waals surface area (Å²) < 4.78 is 5.06. The molecule has 7 heteroatoms. The molecule has 3 rings (SSSR count). The number of imide groups is 1. The second-order valence-electron chi connectivity index (χ2n) is 5.58. The first-order valence-electron chi connectivity index (χ1n) is 7.63. The van der Waals surface area contributed by atoms with Crippen molar-refractivity contribution in [3.63, 3.8) is 0 Å². The fourth-order valence-corrected chi connectivity index (χ4v) is 2.51. The molecular formula is C18H17N3O4. The summed E-state index contributed by atoms with van der Waals surface area (Å²) in [5.41, 5.74) is 1.75. The van der Waals surface area contributed by atoms with E-state index in [4.69, 9.17) is 4.74 Å². The maximum Gasteiger partial charge on any atom is 0.324 e. The number of hydrogen-bond donors (Lipinski definition) is 2. The number of benzene rings is 2. The number of methoxy groups -OCH3 is 1. The lowest BCUT2D eigenvalue weighted by molar-refractivity contribution is -0.126. The third-order valence-corrected chi connectivity index (χ3v) is 4.00. The third kappa shape index (κ3) is 3.30. The minimum absolute atomic E-state index is 0.250. The Balaban J connectivity index is 1.69. The molecule has 2 aromatic carbocycles. The summed E-state index contributed by atoms with van der Waals surface area (Å²) in [4.78, 5) is 36.8. The number of carbonyl (C=O) groups is 3. The highest BCUT2D eigenvalue weighted by Crippen LogP contribution is 2.22. The molecule has 7 nitrogen and oxygen atoms in total. The topological polar surface area (TPSA) is 87.7 Å². The van der Waals surface area contributed by atoms with Gasteiger partial charge >= 0.3 is 6.03 Å². The fourth-order valence-electron chi connectivity index (χ4n) is 2.51. The molecule has 1 aliphatic rings. The lowest BCUT2D eigenvalue weighted by Crippen LogP contribution is -2.25. The summed E-state index contributed by atoms with van der Waals surface area (Å²) in [6, 6.07) is 12.4. The quantitative estimate of drug-likeness (QED) is 0.836. The molecule has 0 saturated carbocycles. The molecule has 1 fully saturated rings. The minimum Gasteiger partial charge on any atom is -0.497 e. The summed E-state index contributed by atoms with van der Waals surface area (Å²) >= 11 is 0. The van der Waals surface area contributed by atoms with Crippen molar-refractivity contribution in [1.82, 2.24) is 10.2 Å². The number of rotatable bonds is 4. The van der Waals surface area contributed by atoms with Gasteiger partial charge in [0.1, 0.15) is 11.8 Å². The van der Waals surface area contributed by atoms with E-state index in [0.717, 1.165) is 4.90 Å². The van der Waals surface area contributed by atoms with Crippen LogP contribution in [-0.2, 0) is 4.79 Å². The Labute approximate surface area is 144 Å². The van der Waals surface area contributed by atoms with Gasteiger partial charge in [-0.05, 0) is 42.0 Å². The lowest BCUT2D eigenvalue weighted by Gasteiger charge is -2.10. The van der Waals surface area contributed by atoms with Gasteiger partial charge in [-0.25, -0.2) is 4.79 Å². The van der Waals surface area contributed by atoms with Crippen molar-refractivity contribution in [3.8, 4) is 5.75 Å². The van der Waals surface area contributed by atoms with Crippen LogP contribution < -0.4 is 15.4 Å². The van der Waals surface area contributed by atoms with Crippen LogP contribution in [0, 0.1) is 0 Å². The first-order chi connectivity index (χ1) is 12.0. The van der Waals surface area contributed by atoms with Gasteiger partial charge in [-0.1, -0.05) is 12.1 Å². The predicted octanol–water partition coefficient (Wildman–Crippen LogP) is 2.17. The molecule has 1 saturated heterocycles. The molecule has 0 aliphatic carbocycles. The predicted molar refractivity (Wildman–Crippen MR) is 91.4 cm³/mol. The summed E-state index contributed by atoms with van der Waals surface area (Å²) in [6.07, 6.45) is 0. The summed E-state index contributed by atoms with van der Waals surface area (Å²) in [7, 11) is 2.99. The zero-order chi connectivity index (χ0) is 18.0. The second-order valence-corrected chi connectivity index (χ2v) is 5.58. The van der Waals surface area contributed by atoms with E-state index in [1.165, 1.54) is 7.05 Å². The first kappa shape index (κ1) is 16.5. The molecule has 2 aromatic rings. The number of anilines is 1. The zero-order valence-electron chi connectivity index (χ0n) is 13.8. The van der Waals surface area contributed by atoms with Crippen LogP contribution in [0.25, 0.3) is 0 Å². The van der Waals surface area contributed by atoms with Gasteiger partial charge in [0.05, 0.1) is 7.11 Å². The van der Waals surface area contributed by atoms with Crippen molar-refractivity contribution < 1.29 is 19.1 Å². The van der Waals surface area contributed by atoms with Gasteiger partial charge in [-0.3, -0.25) is 14.5 Å². The number of urea groups is 1. The summed E-state index contributed by atoms with van der Waals surface area (Å²) in [5.74, 6) is 0.120.